The maximum absolute atomic E-state index is 11.5. The number of carbonyl (C=O) groups is 1. The predicted molar refractivity (Wildman–Crippen MR) is 73.5 cm³/mol. The van der Waals surface area contributed by atoms with Gasteiger partial charge in [0.15, 0.2) is 0 Å². The Labute approximate surface area is 109 Å². The lowest BCUT2D eigenvalue weighted by molar-refractivity contribution is -0.118. The van der Waals surface area contributed by atoms with Crippen LogP contribution in [0, 0.1) is 0 Å². The van der Waals surface area contributed by atoms with Crippen molar-refractivity contribution < 1.29 is 4.79 Å². The summed E-state index contributed by atoms with van der Waals surface area (Å²) in [7, 11) is 0. The lowest BCUT2D eigenvalue weighted by Crippen LogP contribution is -2.24. The van der Waals surface area contributed by atoms with Crippen molar-refractivity contribution in [2.24, 2.45) is 0 Å². The van der Waals surface area contributed by atoms with E-state index < -0.39 is 0 Å². The molecule has 0 saturated carbocycles. The third-order valence-corrected chi connectivity index (χ3v) is 3.30. The van der Waals surface area contributed by atoms with Gasteiger partial charge in [-0.25, -0.2) is 0 Å². The highest BCUT2D eigenvalue weighted by atomic mass is 32.2. The van der Waals surface area contributed by atoms with Crippen LogP contribution in [0.5, 0.6) is 0 Å². The Kier molecular flexibility index (Phi) is 4.30. The van der Waals surface area contributed by atoms with E-state index in [2.05, 4.69) is 22.1 Å². The number of carbonyl (C=O) groups excluding carboxylic acids is 1. The van der Waals surface area contributed by atoms with Crippen LogP contribution in [0.15, 0.2) is 48.1 Å². The molecule has 0 spiro atoms. The molecule has 0 aliphatic rings. The van der Waals surface area contributed by atoms with Gasteiger partial charge in [0.2, 0.25) is 5.91 Å². The highest BCUT2D eigenvalue weighted by Crippen LogP contribution is 2.24. The SMILES string of the molecule is C=CCNC(=O)CSc1nncc2ccccc12. The molecule has 1 amide bonds. The van der Waals surface area contributed by atoms with E-state index in [0.717, 1.165) is 15.8 Å². The fraction of sp³-hybridized carbons (Fsp3) is 0.154. The molecule has 1 aromatic heterocycles. The smallest absolute Gasteiger partial charge is 0.230 e. The van der Waals surface area contributed by atoms with Gasteiger partial charge >= 0.3 is 0 Å². The fourth-order valence-corrected chi connectivity index (χ4v) is 2.30. The van der Waals surface area contributed by atoms with E-state index in [1.54, 1.807) is 12.3 Å². The van der Waals surface area contributed by atoms with E-state index in [4.69, 9.17) is 0 Å². The minimum Gasteiger partial charge on any atom is -0.352 e. The summed E-state index contributed by atoms with van der Waals surface area (Å²) < 4.78 is 0. The second kappa shape index (κ2) is 6.16. The molecule has 0 radical (unpaired) electrons. The van der Waals surface area contributed by atoms with Crippen LogP contribution < -0.4 is 5.32 Å². The van der Waals surface area contributed by atoms with Crippen LogP contribution in [0.4, 0.5) is 0 Å². The van der Waals surface area contributed by atoms with Gasteiger partial charge in [-0.1, -0.05) is 42.1 Å². The van der Waals surface area contributed by atoms with Gasteiger partial charge in [0.1, 0.15) is 5.03 Å². The molecular weight excluding hydrogens is 246 g/mol. The third-order valence-electron chi connectivity index (χ3n) is 2.32. The fourth-order valence-electron chi connectivity index (χ4n) is 1.48. The Morgan fingerprint density at radius 1 is 1.44 bits per heavy atom. The van der Waals surface area contributed by atoms with Gasteiger partial charge in [-0.2, -0.15) is 5.10 Å². The van der Waals surface area contributed by atoms with Gasteiger partial charge in [0, 0.05) is 17.3 Å². The van der Waals surface area contributed by atoms with E-state index in [-0.39, 0.29) is 5.91 Å². The Balaban J connectivity index is 2.08. The second-order valence-corrected chi connectivity index (χ2v) is 4.58. The number of amides is 1. The topological polar surface area (TPSA) is 54.9 Å². The molecule has 4 nitrogen and oxygen atoms in total. The van der Waals surface area contributed by atoms with Gasteiger partial charge in [0.05, 0.1) is 11.9 Å². The van der Waals surface area contributed by atoms with Crippen LogP contribution in [0.2, 0.25) is 0 Å². The molecule has 0 bridgehead atoms. The highest BCUT2D eigenvalue weighted by molar-refractivity contribution is 8.00. The molecule has 0 fully saturated rings. The van der Waals surface area contributed by atoms with Gasteiger partial charge in [-0.15, -0.1) is 11.7 Å². The van der Waals surface area contributed by atoms with E-state index >= 15 is 0 Å². The minimum absolute atomic E-state index is 0.0327. The number of rotatable bonds is 5. The zero-order valence-corrected chi connectivity index (χ0v) is 10.6. The summed E-state index contributed by atoms with van der Waals surface area (Å²) in [6.07, 6.45) is 3.37. The van der Waals surface area contributed by atoms with Crippen LogP contribution >= 0.6 is 11.8 Å². The number of benzene rings is 1. The summed E-state index contributed by atoms with van der Waals surface area (Å²) >= 11 is 1.39. The molecule has 92 valence electrons. The number of thioether (sulfide) groups is 1. The summed E-state index contributed by atoms with van der Waals surface area (Å²) in [5.74, 6) is 0.297. The molecular formula is C13H13N3OS. The zero-order valence-electron chi connectivity index (χ0n) is 9.80. The number of aromatic nitrogens is 2. The number of hydrogen-bond donors (Lipinski definition) is 1. The summed E-state index contributed by atoms with van der Waals surface area (Å²) in [6.45, 7) is 4.03. The van der Waals surface area contributed by atoms with Gasteiger partial charge in [0.25, 0.3) is 0 Å². The average molecular weight is 259 g/mol. The predicted octanol–water partition coefficient (Wildman–Crippen LogP) is 2.02. The first-order valence-electron chi connectivity index (χ1n) is 5.52. The maximum atomic E-state index is 11.5. The normalized spacial score (nSPS) is 10.2. The summed E-state index contributed by atoms with van der Waals surface area (Å²) in [5.41, 5.74) is 0. The van der Waals surface area contributed by atoms with Crippen molar-refractivity contribution in [3.8, 4) is 0 Å². The molecule has 5 heteroatoms. The Hall–Kier alpha value is -1.88. The summed E-state index contributed by atoms with van der Waals surface area (Å²) in [4.78, 5) is 11.5. The molecule has 18 heavy (non-hydrogen) atoms. The summed E-state index contributed by atoms with van der Waals surface area (Å²) in [6, 6.07) is 7.86. The van der Waals surface area contributed by atoms with Crippen molar-refractivity contribution in [1.82, 2.24) is 15.5 Å². The van der Waals surface area contributed by atoms with Crippen molar-refractivity contribution in [3.05, 3.63) is 43.1 Å². The molecule has 2 aromatic rings. The molecule has 1 N–H and O–H groups in total. The van der Waals surface area contributed by atoms with Crippen molar-refractivity contribution in [2.75, 3.05) is 12.3 Å². The molecule has 0 unspecified atom stereocenters. The first-order chi connectivity index (χ1) is 8.81. The Morgan fingerprint density at radius 2 is 2.28 bits per heavy atom. The zero-order chi connectivity index (χ0) is 12.8. The van der Waals surface area contributed by atoms with Gasteiger partial charge in [-0.3, -0.25) is 4.79 Å². The first-order valence-corrected chi connectivity index (χ1v) is 6.50. The van der Waals surface area contributed by atoms with Crippen LogP contribution in [0.3, 0.4) is 0 Å². The molecule has 2 rings (SSSR count). The molecule has 1 aromatic carbocycles. The molecule has 0 aliphatic heterocycles. The van der Waals surface area contributed by atoms with E-state index in [1.165, 1.54) is 11.8 Å². The second-order valence-electron chi connectivity index (χ2n) is 3.62. The van der Waals surface area contributed by atoms with Crippen LogP contribution in [0.1, 0.15) is 0 Å². The Bertz CT molecular complexity index is 566. The quantitative estimate of drug-likeness (QED) is 0.659. The molecule has 1 heterocycles. The number of hydrogen-bond acceptors (Lipinski definition) is 4. The van der Waals surface area contributed by atoms with E-state index in [1.807, 2.05) is 24.3 Å². The van der Waals surface area contributed by atoms with Gasteiger partial charge in [-0.05, 0) is 0 Å². The largest absolute Gasteiger partial charge is 0.352 e. The van der Waals surface area contributed by atoms with Crippen molar-refractivity contribution in [1.29, 1.82) is 0 Å². The van der Waals surface area contributed by atoms with Crippen molar-refractivity contribution in [3.63, 3.8) is 0 Å². The monoisotopic (exact) mass is 259 g/mol. The van der Waals surface area contributed by atoms with E-state index in [0.29, 0.717) is 12.3 Å². The van der Waals surface area contributed by atoms with Crippen molar-refractivity contribution in [2.45, 2.75) is 5.03 Å². The maximum Gasteiger partial charge on any atom is 0.230 e. The Morgan fingerprint density at radius 3 is 3.11 bits per heavy atom. The standard InChI is InChI=1S/C13H13N3OS/c1-2-7-14-12(17)9-18-13-11-6-4-3-5-10(11)8-15-16-13/h2-6,8H,1,7,9H2,(H,14,17). The lowest BCUT2D eigenvalue weighted by atomic mass is 10.2. The van der Waals surface area contributed by atoms with E-state index in [9.17, 15) is 4.79 Å². The number of nitrogens with zero attached hydrogens (tertiary/aromatic N) is 2. The van der Waals surface area contributed by atoms with Crippen LogP contribution in [0.25, 0.3) is 10.8 Å². The number of fused-ring (bicyclic) bond motifs is 1. The van der Waals surface area contributed by atoms with Gasteiger partial charge < -0.3 is 5.32 Å². The average Bonchev–Trinajstić information content (AvgIpc) is 2.42. The molecule has 0 aliphatic carbocycles. The molecule has 0 atom stereocenters. The highest BCUT2D eigenvalue weighted by Gasteiger charge is 2.06. The van der Waals surface area contributed by atoms with Crippen molar-refractivity contribution >= 4 is 28.4 Å². The first kappa shape index (κ1) is 12.6. The number of nitrogens with one attached hydrogen (secondary N) is 1. The van der Waals surface area contributed by atoms with Crippen LogP contribution in [-0.2, 0) is 4.79 Å². The van der Waals surface area contributed by atoms with Crippen LogP contribution in [-0.4, -0.2) is 28.4 Å². The molecule has 0 saturated heterocycles. The third kappa shape index (κ3) is 3.07. The lowest BCUT2D eigenvalue weighted by Gasteiger charge is -2.04. The minimum atomic E-state index is -0.0327. The summed E-state index contributed by atoms with van der Waals surface area (Å²) in [5, 5.41) is 13.6.